The van der Waals surface area contributed by atoms with Crippen LogP contribution in [0.4, 0.5) is 0 Å². The summed E-state index contributed by atoms with van der Waals surface area (Å²) in [5, 5.41) is 21.4. The molecule has 0 amide bonds. The van der Waals surface area contributed by atoms with Crippen LogP contribution in [0.3, 0.4) is 0 Å². The molecule has 0 radical (unpaired) electrons. The van der Waals surface area contributed by atoms with E-state index in [9.17, 15) is 10.2 Å². The minimum atomic E-state index is -0.190. The Labute approximate surface area is 139 Å². The van der Waals surface area contributed by atoms with Gasteiger partial charge in [-0.25, -0.2) is 0 Å². The Morgan fingerprint density at radius 1 is 1.00 bits per heavy atom. The molecule has 0 aliphatic heterocycles. The smallest absolute Gasteiger partial charge is 0.119 e. The van der Waals surface area contributed by atoms with Gasteiger partial charge < -0.3 is 10.2 Å². The normalized spacial score (nSPS) is 26.3. The highest BCUT2D eigenvalue weighted by Gasteiger charge is 2.51. The minimum absolute atomic E-state index is 0.00676. The van der Waals surface area contributed by atoms with Crippen LogP contribution in [0.1, 0.15) is 58.4 Å². The number of aliphatic hydroxyl groups is 1. The third-order valence-electron chi connectivity index (χ3n) is 5.75. The van der Waals surface area contributed by atoms with Crippen molar-refractivity contribution in [1.29, 1.82) is 0 Å². The molecular weight excluding hydrogens is 284 g/mol. The summed E-state index contributed by atoms with van der Waals surface area (Å²) < 4.78 is 0. The van der Waals surface area contributed by atoms with Gasteiger partial charge in [0.15, 0.2) is 0 Å². The number of para-hydroxylation sites is 1. The highest BCUT2D eigenvalue weighted by atomic mass is 16.3. The van der Waals surface area contributed by atoms with E-state index in [4.69, 9.17) is 0 Å². The molecule has 1 fully saturated rings. The Morgan fingerprint density at radius 3 is 2.26 bits per heavy atom. The fourth-order valence-electron chi connectivity index (χ4n) is 5.20. The predicted octanol–water partition coefficient (Wildman–Crippen LogP) is 5.64. The molecule has 1 aromatic carbocycles. The van der Waals surface area contributed by atoms with Crippen molar-refractivity contribution in [2.24, 2.45) is 11.3 Å². The van der Waals surface area contributed by atoms with Crippen molar-refractivity contribution in [3.8, 4) is 5.75 Å². The topological polar surface area (TPSA) is 40.5 Å². The molecule has 2 heteroatoms. The van der Waals surface area contributed by atoms with E-state index in [-0.39, 0.29) is 16.7 Å². The Hall–Kier alpha value is -1.70. The number of phenols is 1. The number of phenolic OH excluding ortho intramolecular Hbond substituents is 1. The molecule has 0 aromatic heterocycles. The summed E-state index contributed by atoms with van der Waals surface area (Å²) in [5.74, 6) is 0.844. The molecule has 0 heterocycles. The van der Waals surface area contributed by atoms with Crippen LogP contribution in [0.15, 0.2) is 47.7 Å². The van der Waals surface area contributed by atoms with Gasteiger partial charge in [-0.05, 0) is 37.3 Å². The first-order valence-electron chi connectivity index (χ1n) is 8.75. The first-order chi connectivity index (χ1) is 10.9. The molecule has 0 bridgehead atoms. The first kappa shape index (κ1) is 16.2. The lowest BCUT2D eigenvalue weighted by Gasteiger charge is -2.51. The zero-order valence-electron chi connectivity index (χ0n) is 14.5. The number of benzene rings is 1. The van der Waals surface area contributed by atoms with E-state index in [2.05, 4.69) is 26.0 Å². The molecule has 0 saturated heterocycles. The van der Waals surface area contributed by atoms with Crippen molar-refractivity contribution in [2.75, 3.05) is 0 Å². The van der Waals surface area contributed by atoms with Gasteiger partial charge in [-0.15, -0.1) is 0 Å². The quantitative estimate of drug-likeness (QED) is 0.742. The fourth-order valence-corrected chi connectivity index (χ4v) is 5.20. The molecule has 1 atom stereocenters. The summed E-state index contributed by atoms with van der Waals surface area (Å²) in [7, 11) is 0. The summed E-state index contributed by atoms with van der Waals surface area (Å²) in [4.78, 5) is 0. The molecule has 124 valence electrons. The maximum absolute atomic E-state index is 10.9. The predicted molar refractivity (Wildman–Crippen MR) is 94.6 cm³/mol. The summed E-state index contributed by atoms with van der Waals surface area (Å²) in [6.45, 7) is 6.46. The summed E-state index contributed by atoms with van der Waals surface area (Å²) in [6, 6.07) is 7.71. The van der Waals surface area contributed by atoms with Gasteiger partial charge in [0.2, 0.25) is 0 Å². The van der Waals surface area contributed by atoms with Gasteiger partial charge >= 0.3 is 0 Å². The van der Waals surface area contributed by atoms with Crippen LogP contribution >= 0.6 is 0 Å². The van der Waals surface area contributed by atoms with Gasteiger partial charge in [-0.2, -0.15) is 0 Å². The second-order valence-electron chi connectivity index (χ2n) is 7.95. The largest absolute Gasteiger partial charge is 0.512 e. The van der Waals surface area contributed by atoms with Crippen molar-refractivity contribution in [3.63, 3.8) is 0 Å². The number of aliphatic hydroxyl groups excluding tert-OH is 1. The lowest BCUT2D eigenvalue weighted by atomic mass is 9.53. The highest BCUT2D eigenvalue weighted by molar-refractivity contribution is 5.44. The third-order valence-corrected chi connectivity index (χ3v) is 5.75. The lowest BCUT2D eigenvalue weighted by Crippen LogP contribution is -2.46. The maximum atomic E-state index is 10.9. The van der Waals surface area contributed by atoms with Crippen LogP contribution in [-0.4, -0.2) is 10.2 Å². The molecule has 2 nitrogen and oxygen atoms in total. The third kappa shape index (κ3) is 2.69. The van der Waals surface area contributed by atoms with E-state index in [1.165, 1.54) is 6.42 Å². The maximum Gasteiger partial charge on any atom is 0.119 e. The van der Waals surface area contributed by atoms with Gasteiger partial charge in [0, 0.05) is 16.9 Å². The Bertz CT molecular complexity index is 646. The Balaban J connectivity index is 2.18. The first-order valence-corrected chi connectivity index (χ1v) is 8.75. The standard InChI is InChI=1S/C21H28O2/c1-15-13-18(23)19(20(2,3)14-15)21(11-7-4-8-12-21)16-9-5-6-10-17(16)22/h5-6,9-10,13-14,19,22-23H,4,7-8,11-12H2,1-3H3. The molecule has 0 spiro atoms. The minimum Gasteiger partial charge on any atom is -0.512 e. The highest BCUT2D eigenvalue weighted by Crippen LogP contribution is 2.57. The van der Waals surface area contributed by atoms with E-state index in [0.717, 1.165) is 36.8 Å². The van der Waals surface area contributed by atoms with E-state index in [0.29, 0.717) is 11.5 Å². The monoisotopic (exact) mass is 312 g/mol. The van der Waals surface area contributed by atoms with Crippen LogP contribution in [0, 0.1) is 11.3 Å². The molecule has 2 aliphatic carbocycles. The van der Waals surface area contributed by atoms with Crippen LogP contribution in [0.25, 0.3) is 0 Å². The second kappa shape index (κ2) is 5.74. The van der Waals surface area contributed by atoms with Gasteiger partial charge in [-0.1, -0.05) is 63.0 Å². The van der Waals surface area contributed by atoms with Crippen LogP contribution in [0.2, 0.25) is 0 Å². The SMILES string of the molecule is CC1=CC(C)(C)C(C2(c3ccccc3O)CCCCC2)C(O)=C1. The molecule has 2 N–H and O–H groups in total. The van der Waals surface area contributed by atoms with Crippen molar-refractivity contribution < 1.29 is 10.2 Å². The molecule has 3 rings (SSSR count). The Morgan fingerprint density at radius 2 is 1.65 bits per heavy atom. The second-order valence-corrected chi connectivity index (χ2v) is 7.95. The van der Waals surface area contributed by atoms with Crippen LogP contribution in [-0.2, 0) is 5.41 Å². The van der Waals surface area contributed by atoms with E-state index in [1.807, 2.05) is 25.1 Å². The fraction of sp³-hybridized carbons (Fsp3) is 0.524. The Kier molecular flexibility index (Phi) is 4.03. The average molecular weight is 312 g/mol. The number of hydrogen-bond donors (Lipinski definition) is 2. The molecule has 23 heavy (non-hydrogen) atoms. The van der Waals surface area contributed by atoms with Crippen molar-refractivity contribution >= 4 is 0 Å². The molecule has 2 aliphatic rings. The van der Waals surface area contributed by atoms with Gasteiger partial charge in [0.25, 0.3) is 0 Å². The summed E-state index contributed by atoms with van der Waals surface area (Å²) in [6.07, 6.45) is 9.75. The molecule has 1 aromatic rings. The number of rotatable bonds is 2. The number of hydrogen-bond acceptors (Lipinski definition) is 2. The van der Waals surface area contributed by atoms with Crippen molar-refractivity contribution in [1.82, 2.24) is 0 Å². The average Bonchev–Trinajstić information content (AvgIpc) is 2.46. The number of aromatic hydroxyl groups is 1. The van der Waals surface area contributed by atoms with Crippen LogP contribution < -0.4 is 0 Å². The van der Waals surface area contributed by atoms with Crippen molar-refractivity contribution in [2.45, 2.75) is 58.3 Å². The lowest BCUT2D eigenvalue weighted by molar-refractivity contribution is 0.0895. The molecule has 1 unspecified atom stereocenters. The summed E-state index contributed by atoms with van der Waals surface area (Å²) >= 11 is 0. The van der Waals surface area contributed by atoms with E-state index >= 15 is 0 Å². The zero-order valence-corrected chi connectivity index (χ0v) is 14.5. The zero-order chi connectivity index (χ0) is 16.7. The van der Waals surface area contributed by atoms with Gasteiger partial charge in [-0.3, -0.25) is 0 Å². The van der Waals surface area contributed by atoms with Gasteiger partial charge in [0.05, 0.1) is 5.76 Å². The van der Waals surface area contributed by atoms with E-state index < -0.39 is 0 Å². The van der Waals surface area contributed by atoms with Crippen LogP contribution in [0.5, 0.6) is 5.75 Å². The molecule has 1 saturated carbocycles. The summed E-state index contributed by atoms with van der Waals surface area (Å²) in [5.41, 5.74) is 1.80. The van der Waals surface area contributed by atoms with Gasteiger partial charge in [0.1, 0.15) is 5.75 Å². The number of allylic oxidation sites excluding steroid dienone is 4. The molecular formula is C21H28O2. The van der Waals surface area contributed by atoms with Crippen molar-refractivity contribution in [3.05, 3.63) is 53.3 Å². The van der Waals surface area contributed by atoms with E-state index in [1.54, 1.807) is 6.07 Å².